The Morgan fingerprint density at radius 3 is 2.30 bits per heavy atom. The quantitative estimate of drug-likeness (QED) is 0.475. The van der Waals surface area contributed by atoms with Crippen LogP contribution >= 0.6 is 0 Å². The molecule has 4 rings (SSSR count). The third-order valence-electron chi connectivity index (χ3n) is 6.48. The number of hydrogen-bond acceptors (Lipinski definition) is 6. The molecule has 0 spiro atoms. The van der Waals surface area contributed by atoms with E-state index < -0.39 is 0 Å². The fraction of sp³-hybridized carbons (Fsp3) is 0.462. The van der Waals surface area contributed by atoms with Crippen LogP contribution in [0.2, 0.25) is 0 Å². The number of ketones is 1. The Morgan fingerprint density at radius 2 is 1.67 bits per heavy atom. The summed E-state index contributed by atoms with van der Waals surface area (Å²) in [7, 11) is 0. The molecule has 2 heterocycles. The number of hydrogen-bond donors (Lipinski definition) is 2. The summed E-state index contributed by atoms with van der Waals surface area (Å²) in [5.74, 6) is 1.11. The maximum Gasteiger partial charge on any atom is 0.241 e. The van der Waals surface area contributed by atoms with Gasteiger partial charge in [0.05, 0.1) is 6.61 Å². The van der Waals surface area contributed by atoms with Crippen LogP contribution in [0.5, 0.6) is 5.75 Å². The number of carbonyl (C=O) groups excluding carboxylic acids is 2. The van der Waals surface area contributed by atoms with Gasteiger partial charge in [0.25, 0.3) is 0 Å². The second-order valence-corrected chi connectivity index (χ2v) is 8.82. The second kappa shape index (κ2) is 10.8. The van der Waals surface area contributed by atoms with E-state index >= 15 is 0 Å². The lowest BCUT2D eigenvalue weighted by atomic mass is 10.0. The van der Waals surface area contributed by atoms with Crippen LogP contribution in [0.15, 0.2) is 48.5 Å². The summed E-state index contributed by atoms with van der Waals surface area (Å²) in [6.45, 7) is 7.43. The number of unbranched alkanes of at least 4 members (excludes halogenated alkanes) is 1. The molecule has 2 aromatic rings. The number of nitrogens with zero attached hydrogens (tertiary/aromatic N) is 2. The SMILES string of the molecule is CCCCOc1ccc(C2CC(C(=O)N3CCN(c4ccc(C(C)=O)cc4)CC3)NN2)cc1. The first-order valence-electron chi connectivity index (χ1n) is 11.9. The third kappa shape index (κ3) is 5.72. The van der Waals surface area contributed by atoms with E-state index in [1.165, 1.54) is 0 Å². The Morgan fingerprint density at radius 1 is 0.970 bits per heavy atom. The molecule has 0 aromatic heterocycles. The van der Waals surface area contributed by atoms with E-state index in [1.54, 1.807) is 6.92 Å². The smallest absolute Gasteiger partial charge is 0.241 e. The van der Waals surface area contributed by atoms with Gasteiger partial charge in [-0.1, -0.05) is 25.5 Å². The van der Waals surface area contributed by atoms with Gasteiger partial charge >= 0.3 is 0 Å². The zero-order valence-corrected chi connectivity index (χ0v) is 19.5. The lowest BCUT2D eigenvalue weighted by Crippen LogP contribution is -2.53. The number of piperazine rings is 1. The van der Waals surface area contributed by atoms with Gasteiger partial charge in [0.1, 0.15) is 11.8 Å². The molecule has 2 aromatic carbocycles. The van der Waals surface area contributed by atoms with Crippen molar-refractivity contribution in [2.75, 3.05) is 37.7 Å². The highest BCUT2D eigenvalue weighted by molar-refractivity contribution is 5.94. The Labute approximate surface area is 196 Å². The van der Waals surface area contributed by atoms with Crippen molar-refractivity contribution in [1.29, 1.82) is 0 Å². The number of hydrazine groups is 1. The fourth-order valence-electron chi connectivity index (χ4n) is 4.38. The van der Waals surface area contributed by atoms with Crippen LogP contribution in [0.1, 0.15) is 55.1 Å². The molecule has 0 radical (unpaired) electrons. The highest BCUT2D eigenvalue weighted by atomic mass is 16.5. The molecule has 0 bridgehead atoms. The number of amides is 1. The molecule has 2 saturated heterocycles. The van der Waals surface area contributed by atoms with E-state index in [2.05, 4.69) is 34.8 Å². The predicted molar refractivity (Wildman–Crippen MR) is 130 cm³/mol. The first-order valence-corrected chi connectivity index (χ1v) is 11.9. The van der Waals surface area contributed by atoms with Crippen molar-refractivity contribution in [3.05, 3.63) is 59.7 Å². The average Bonchev–Trinajstić information content (AvgIpc) is 3.35. The maximum atomic E-state index is 13.1. The summed E-state index contributed by atoms with van der Waals surface area (Å²) in [6, 6.07) is 15.7. The van der Waals surface area contributed by atoms with Crippen molar-refractivity contribution >= 4 is 17.4 Å². The van der Waals surface area contributed by atoms with Gasteiger partial charge in [0, 0.05) is 43.5 Å². The van der Waals surface area contributed by atoms with Gasteiger partial charge < -0.3 is 14.5 Å². The first kappa shape index (κ1) is 23.3. The van der Waals surface area contributed by atoms with E-state index in [4.69, 9.17) is 4.74 Å². The topological polar surface area (TPSA) is 73.9 Å². The lowest BCUT2D eigenvalue weighted by molar-refractivity contribution is -0.133. The third-order valence-corrected chi connectivity index (χ3v) is 6.48. The molecule has 0 saturated carbocycles. The van der Waals surface area contributed by atoms with Gasteiger partial charge in [0.15, 0.2) is 5.78 Å². The number of nitrogens with one attached hydrogen (secondary N) is 2. The molecule has 7 nitrogen and oxygen atoms in total. The number of rotatable bonds is 8. The van der Waals surface area contributed by atoms with Crippen LogP contribution < -0.4 is 20.5 Å². The summed E-state index contributed by atoms with van der Waals surface area (Å²) in [4.78, 5) is 28.8. The summed E-state index contributed by atoms with van der Waals surface area (Å²) >= 11 is 0. The highest BCUT2D eigenvalue weighted by Crippen LogP contribution is 2.26. The fourth-order valence-corrected chi connectivity index (χ4v) is 4.38. The molecule has 2 atom stereocenters. The van der Waals surface area contributed by atoms with Crippen LogP contribution in [0.4, 0.5) is 5.69 Å². The molecular weight excluding hydrogens is 416 g/mol. The first-order chi connectivity index (χ1) is 16.0. The van der Waals surface area contributed by atoms with Crippen LogP contribution in [0, 0.1) is 0 Å². The number of carbonyl (C=O) groups is 2. The van der Waals surface area contributed by atoms with Crippen molar-refractivity contribution in [2.45, 2.75) is 45.2 Å². The molecule has 7 heteroatoms. The minimum atomic E-state index is -0.225. The monoisotopic (exact) mass is 450 g/mol. The molecule has 33 heavy (non-hydrogen) atoms. The van der Waals surface area contributed by atoms with Crippen LogP contribution in [0.25, 0.3) is 0 Å². The lowest BCUT2D eigenvalue weighted by Gasteiger charge is -2.37. The minimum Gasteiger partial charge on any atom is -0.494 e. The van der Waals surface area contributed by atoms with Gasteiger partial charge in [-0.15, -0.1) is 0 Å². The molecule has 2 aliphatic rings. The zero-order chi connectivity index (χ0) is 23.2. The molecule has 176 valence electrons. The number of anilines is 1. The Kier molecular flexibility index (Phi) is 7.62. The van der Waals surface area contributed by atoms with Crippen molar-refractivity contribution < 1.29 is 14.3 Å². The Hall–Kier alpha value is -2.90. The van der Waals surface area contributed by atoms with Gasteiger partial charge in [-0.25, -0.2) is 10.9 Å². The predicted octanol–water partition coefficient (Wildman–Crippen LogP) is 3.32. The Bertz CT molecular complexity index is 937. The van der Waals surface area contributed by atoms with Crippen molar-refractivity contribution in [2.24, 2.45) is 0 Å². The standard InChI is InChI=1S/C26H34N4O3/c1-3-4-17-33-23-11-7-21(8-12-23)24-18-25(28-27-24)26(32)30-15-13-29(14-16-30)22-9-5-20(6-10-22)19(2)31/h5-12,24-25,27-28H,3-4,13-18H2,1-2H3. The van der Waals surface area contributed by atoms with Crippen LogP contribution in [-0.2, 0) is 4.79 Å². The second-order valence-electron chi connectivity index (χ2n) is 8.82. The van der Waals surface area contributed by atoms with E-state index in [1.807, 2.05) is 41.3 Å². The molecule has 2 N–H and O–H groups in total. The molecular formula is C26H34N4O3. The van der Waals surface area contributed by atoms with Crippen molar-refractivity contribution in [1.82, 2.24) is 15.8 Å². The van der Waals surface area contributed by atoms with Gasteiger partial charge in [0.2, 0.25) is 5.91 Å². The molecule has 2 fully saturated rings. The van der Waals surface area contributed by atoms with Gasteiger partial charge in [-0.3, -0.25) is 9.59 Å². The Balaban J connectivity index is 1.26. The number of Topliss-reactive ketones (excluding diaryl/α,β-unsaturated/α-hetero) is 1. The summed E-state index contributed by atoms with van der Waals surface area (Å²) in [5, 5.41) is 0. The molecule has 0 aliphatic carbocycles. The van der Waals surface area contributed by atoms with Gasteiger partial charge in [-0.05, 0) is 61.7 Å². The summed E-state index contributed by atoms with van der Waals surface area (Å²) in [6.07, 6.45) is 2.90. The van der Waals surface area contributed by atoms with E-state index in [0.717, 1.165) is 61.5 Å². The maximum absolute atomic E-state index is 13.1. The highest BCUT2D eigenvalue weighted by Gasteiger charge is 2.34. The van der Waals surface area contributed by atoms with Crippen molar-refractivity contribution in [3.8, 4) is 5.75 Å². The zero-order valence-electron chi connectivity index (χ0n) is 19.5. The number of ether oxygens (including phenoxy) is 1. The molecule has 2 aliphatic heterocycles. The average molecular weight is 451 g/mol. The normalized spacial score (nSPS) is 20.7. The number of benzene rings is 2. The molecule has 1 amide bonds. The minimum absolute atomic E-state index is 0.0733. The summed E-state index contributed by atoms with van der Waals surface area (Å²) < 4.78 is 5.74. The van der Waals surface area contributed by atoms with E-state index in [-0.39, 0.29) is 23.8 Å². The van der Waals surface area contributed by atoms with Crippen LogP contribution in [-0.4, -0.2) is 55.4 Å². The van der Waals surface area contributed by atoms with Gasteiger partial charge in [-0.2, -0.15) is 0 Å². The van der Waals surface area contributed by atoms with Crippen LogP contribution in [0.3, 0.4) is 0 Å². The summed E-state index contributed by atoms with van der Waals surface area (Å²) in [5.41, 5.74) is 9.46. The van der Waals surface area contributed by atoms with E-state index in [9.17, 15) is 9.59 Å². The van der Waals surface area contributed by atoms with E-state index in [0.29, 0.717) is 13.1 Å². The van der Waals surface area contributed by atoms with Crippen molar-refractivity contribution in [3.63, 3.8) is 0 Å². The molecule has 2 unspecified atom stereocenters. The largest absolute Gasteiger partial charge is 0.494 e.